The van der Waals surface area contributed by atoms with Crippen LogP contribution in [0.1, 0.15) is 29.7 Å². The first-order chi connectivity index (χ1) is 14.9. The van der Waals surface area contributed by atoms with Crippen molar-refractivity contribution >= 4 is 29.0 Å². The van der Waals surface area contributed by atoms with Crippen molar-refractivity contribution in [3.05, 3.63) is 70.4 Å². The molecule has 6 nitrogen and oxygen atoms in total. The number of nitrogens with zero attached hydrogens (tertiary/aromatic N) is 1. The highest BCUT2D eigenvalue weighted by Gasteiger charge is 2.36. The number of aryl methyl sites for hydroxylation is 2. The van der Waals surface area contributed by atoms with E-state index < -0.39 is 12.0 Å². The summed E-state index contributed by atoms with van der Waals surface area (Å²) in [5.74, 6) is 0.291. The van der Waals surface area contributed by atoms with Crippen LogP contribution in [0.5, 0.6) is 5.75 Å². The number of hydrogen-bond acceptors (Lipinski definition) is 5. The van der Waals surface area contributed by atoms with Crippen molar-refractivity contribution < 1.29 is 19.0 Å². The van der Waals surface area contributed by atoms with Gasteiger partial charge < -0.3 is 19.5 Å². The first-order valence-corrected chi connectivity index (χ1v) is 10.5. The Bertz CT molecular complexity index is 1020. The number of ether oxygens (including phenoxy) is 3. The molecule has 1 atom stereocenters. The van der Waals surface area contributed by atoms with E-state index in [1.54, 1.807) is 14.2 Å². The van der Waals surface area contributed by atoms with E-state index in [1.165, 1.54) is 0 Å². The van der Waals surface area contributed by atoms with Crippen molar-refractivity contribution in [3.63, 3.8) is 0 Å². The van der Waals surface area contributed by atoms with Crippen LogP contribution in [0.2, 0.25) is 0 Å². The Morgan fingerprint density at radius 1 is 1.10 bits per heavy atom. The van der Waals surface area contributed by atoms with Gasteiger partial charge in [-0.25, -0.2) is 4.79 Å². The molecular formula is C24H28N2O4S. The lowest BCUT2D eigenvalue weighted by molar-refractivity contribution is -0.140. The highest BCUT2D eigenvalue weighted by Crippen LogP contribution is 2.36. The molecule has 0 amide bonds. The minimum Gasteiger partial charge on any atom is -0.497 e. The third-order valence-corrected chi connectivity index (χ3v) is 5.56. The van der Waals surface area contributed by atoms with E-state index in [9.17, 15) is 4.79 Å². The van der Waals surface area contributed by atoms with Crippen molar-refractivity contribution in [1.82, 2.24) is 5.32 Å². The van der Waals surface area contributed by atoms with Crippen molar-refractivity contribution in [3.8, 4) is 5.75 Å². The van der Waals surface area contributed by atoms with E-state index in [2.05, 4.69) is 17.4 Å². The quantitative estimate of drug-likeness (QED) is 0.393. The lowest BCUT2D eigenvalue weighted by atomic mass is 9.94. The molecule has 7 heteroatoms. The van der Waals surface area contributed by atoms with Crippen molar-refractivity contribution in [2.75, 3.05) is 32.3 Å². The number of hydrogen-bond donors (Lipinski definition) is 1. The van der Waals surface area contributed by atoms with E-state index in [-0.39, 0.29) is 6.61 Å². The molecule has 0 aromatic heterocycles. The molecule has 1 heterocycles. The topological polar surface area (TPSA) is 60.0 Å². The first-order valence-electron chi connectivity index (χ1n) is 10.1. The number of anilines is 1. The molecule has 1 N–H and O–H groups in total. The van der Waals surface area contributed by atoms with Crippen LogP contribution < -0.4 is 15.0 Å². The molecule has 2 aromatic rings. The summed E-state index contributed by atoms with van der Waals surface area (Å²) in [6.45, 7) is 6.45. The summed E-state index contributed by atoms with van der Waals surface area (Å²) in [5, 5.41) is 3.86. The van der Waals surface area contributed by atoms with Crippen molar-refractivity contribution in [2.45, 2.75) is 26.8 Å². The van der Waals surface area contributed by atoms with E-state index in [0.29, 0.717) is 23.0 Å². The predicted molar refractivity (Wildman–Crippen MR) is 125 cm³/mol. The van der Waals surface area contributed by atoms with Gasteiger partial charge in [-0.3, -0.25) is 4.90 Å². The minimum atomic E-state index is -0.459. The zero-order valence-corrected chi connectivity index (χ0v) is 19.3. The monoisotopic (exact) mass is 440 g/mol. The van der Waals surface area contributed by atoms with Crippen LogP contribution in [0.4, 0.5) is 5.69 Å². The Morgan fingerprint density at radius 3 is 2.58 bits per heavy atom. The molecule has 0 fully saturated rings. The number of thiocarbonyl (C=S) groups is 1. The first kappa shape index (κ1) is 22.8. The number of allylic oxidation sites excluding steroid dienone is 1. The smallest absolute Gasteiger partial charge is 0.338 e. The number of carbonyl (C=O) groups excluding carboxylic acids is 1. The lowest BCUT2D eigenvalue weighted by Gasteiger charge is -2.38. The Hall–Kier alpha value is -2.90. The van der Waals surface area contributed by atoms with Crippen LogP contribution in [0.15, 0.2) is 53.7 Å². The highest BCUT2D eigenvalue weighted by molar-refractivity contribution is 7.80. The number of benzene rings is 2. The maximum absolute atomic E-state index is 13.2. The minimum absolute atomic E-state index is 0.171. The van der Waals surface area contributed by atoms with E-state index in [0.717, 1.165) is 28.1 Å². The SMILES string of the molecule is COCCOC(=O)C1=C(C)N(c2cc(C)ccc2C)C(=S)NC1c1cccc(OC)c1. The van der Waals surface area contributed by atoms with Gasteiger partial charge in [0.15, 0.2) is 5.11 Å². The number of esters is 1. The fourth-order valence-electron chi connectivity index (χ4n) is 3.62. The van der Waals surface area contributed by atoms with Gasteiger partial charge in [0.05, 0.1) is 31.0 Å². The number of rotatable bonds is 7. The van der Waals surface area contributed by atoms with Gasteiger partial charge in [0, 0.05) is 12.8 Å². The van der Waals surface area contributed by atoms with Crippen molar-refractivity contribution in [2.24, 2.45) is 0 Å². The van der Waals surface area contributed by atoms with Crippen LogP contribution >= 0.6 is 12.2 Å². The van der Waals surface area contributed by atoms with Gasteiger partial charge in [-0.2, -0.15) is 0 Å². The Morgan fingerprint density at radius 2 is 1.87 bits per heavy atom. The zero-order valence-electron chi connectivity index (χ0n) is 18.5. The summed E-state index contributed by atoms with van der Waals surface area (Å²) in [6.07, 6.45) is 0. The van der Waals surface area contributed by atoms with Crippen molar-refractivity contribution in [1.29, 1.82) is 0 Å². The molecule has 1 aliphatic rings. The van der Waals surface area contributed by atoms with Gasteiger partial charge in [0.1, 0.15) is 12.4 Å². The number of nitrogens with one attached hydrogen (secondary N) is 1. The summed E-state index contributed by atoms with van der Waals surface area (Å²) in [4.78, 5) is 15.1. The van der Waals surface area contributed by atoms with Crippen LogP contribution in [-0.4, -0.2) is 38.5 Å². The second kappa shape index (κ2) is 9.94. The van der Waals surface area contributed by atoms with Crippen LogP contribution in [0.3, 0.4) is 0 Å². The molecule has 2 aromatic carbocycles. The molecule has 164 valence electrons. The molecule has 0 spiro atoms. The summed E-state index contributed by atoms with van der Waals surface area (Å²) in [7, 11) is 3.18. The largest absolute Gasteiger partial charge is 0.497 e. The van der Waals surface area contributed by atoms with E-state index in [4.69, 9.17) is 26.4 Å². The third kappa shape index (κ3) is 4.89. The molecule has 1 aliphatic heterocycles. The maximum atomic E-state index is 13.2. The average Bonchev–Trinajstić information content (AvgIpc) is 2.75. The normalized spacial score (nSPS) is 16.2. The fourth-order valence-corrected chi connectivity index (χ4v) is 3.98. The Balaban J connectivity index is 2.12. The van der Waals surface area contributed by atoms with E-state index >= 15 is 0 Å². The predicted octanol–water partition coefficient (Wildman–Crippen LogP) is 4.21. The lowest BCUT2D eigenvalue weighted by Crippen LogP contribution is -2.48. The molecule has 0 radical (unpaired) electrons. The molecule has 1 unspecified atom stereocenters. The second-order valence-corrected chi connectivity index (χ2v) is 7.80. The standard InChI is InChI=1S/C24H28N2O4S/c1-15-9-10-16(2)20(13-15)26-17(3)21(23(27)30-12-11-28-4)22(25-24(26)31)18-7-6-8-19(14-18)29-5/h6-10,13-14,22H,11-12H2,1-5H3,(H,25,31). The van der Waals surface area contributed by atoms with Gasteiger partial charge in [-0.1, -0.05) is 24.3 Å². The second-order valence-electron chi connectivity index (χ2n) is 7.41. The summed E-state index contributed by atoms with van der Waals surface area (Å²) < 4.78 is 15.9. The van der Waals surface area contributed by atoms with Crippen LogP contribution in [0.25, 0.3) is 0 Å². The van der Waals surface area contributed by atoms with Gasteiger partial charge >= 0.3 is 5.97 Å². The fraction of sp³-hybridized carbons (Fsp3) is 0.333. The molecule has 0 bridgehead atoms. The Labute approximate surface area is 188 Å². The third-order valence-electron chi connectivity index (χ3n) is 5.26. The summed E-state index contributed by atoms with van der Waals surface area (Å²) in [5.41, 5.74) is 5.18. The maximum Gasteiger partial charge on any atom is 0.338 e. The average molecular weight is 441 g/mol. The summed E-state index contributed by atoms with van der Waals surface area (Å²) >= 11 is 5.75. The molecule has 0 aliphatic carbocycles. The highest BCUT2D eigenvalue weighted by atomic mass is 32.1. The molecule has 31 heavy (non-hydrogen) atoms. The van der Waals surface area contributed by atoms with Gasteiger partial charge in [-0.05, 0) is 67.9 Å². The zero-order chi connectivity index (χ0) is 22.5. The number of carbonyl (C=O) groups is 1. The summed E-state index contributed by atoms with van der Waals surface area (Å²) in [6, 6.07) is 13.3. The van der Waals surface area contributed by atoms with E-state index in [1.807, 2.05) is 56.0 Å². The Kier molecular flexibility index (Phi) is 7.30. The van der Waals surface area contributed by atoms with Gasteiger partial charge in [-0.15, -0.1) is 0 Å². The van der Waals surface area contributed by atoms with Gasteiger partial charge in [0.25, 0.3) is 0 Å². The molecular weight excluding hydrogens is 412 g/mol. The van der Waals surface area contributed by atoms with Crippen LogP contribution in [0, 0.1) is 13.8 Å². The number of methoxy groups -OCH3 is 2. The van der Waals surface area contributed by atoms with Crippen LogP contribution in [-0.2, 0) is 14.3 Å². The molecule has 3 rings (SSSR count). The van der Waals surface area contributed by atoms with Gasteiger partial charge in [0.2, 0.25) is 0 Å². The molecule has 0 saturated carbocycles. The molecule has 0 saturated heterocycles.